The lowest BCUT2D eigenvalue weighted by molar-refractivity contribution is -0.121. The highest BCUT2D eigenvalue weighted by Gasteiger charge is 2.32. The number of thiophene rings is 1. The van der Waals surface area contributed by atoms with Gasteiger partial charge >= 0.3 is 0 Å². The number of hydrogen-bond donors (Lipinski definition) is 2. The quantitative estimate of drug-likeness (QED) is 0.443. The molecule has 0 fully saturated rings. The fourth-order valence-electron chi connectivity index (χ4n) is 4.24. The maximum atomic E-state index is 12.9. The van der Waals surface area contributed by atoms with E-state index in [-0.39, 0.29) is 12.3 Å². The Balaban J connectivity index is 1.52. The predicted molar refractivity (Wildman–Crippen MR) is 133 cm³/mol. The van der Waals surface area contributed by atoms with Crippen LogP contribution in [0.25, 0.3) is 5.00 Å². The van der Waals surface area contributed by atoms with Gasteiger partial charge in [0.2, 0.25) is 5.91 Å². The van der Waals surface area contributed by atoms with Crippen molar-refractivity contribution in [1.82, 2.24) is 30.0 Å². The Morgan fingerprint density at radius 2 is 1.94 bits per heavy atom. The molecular formula is C25H27N7OS. The number of aromatic nitrogens is 5. The van der Waals surface area contributed by atoms with E-state index in [9.17, 15) is 4.79 Å². The van der Waals surface area contributed by atoms with Crippen molar-refractivity contribution < 1.29 is 4.79 Å². The van der Waals surface area contributed by atoms with Gasteiger partial charge in [0.25, 0.3) is 0 Å². The summed E-state index contributed by atoms with van der Waals surface area (Å²) >= 11 is 1.72. The van der Waals surface area contributed by atoms with E-state index in [4.69, 9.17) is 4.99 Å². The van der Waals surface area contributed by atoms with E-state index >= 15 is 0 Å². The summed E-state index contributed by atoms with van der Waals surface area (Å²) in [5.74, 6) is 1.43. The van der Waals surface area contributed by atoms with Crippen molar-refractivity contribution >= 4 is 23.0 Å². The number of H-pyrrole nitrogens is 1. The van der Waals surface area contributed by atoms with Crippen molar-refractivity contribution in [2.45, 2.75) is 46.6 Å². The highest BCUT2D eigenvalue weighted by atomic mass is 32.1. The number of aliphatic imine (C=N–C) groups is 1. The molecule has 1 aliphatic rings. The summed E-state index contributed by atoms with van der Waals surface area (Å²) in [4.78, 5) is 26.4. The lowest BCUT2D eigenvalue weighted by atomic mass is 9.99. The van der Waals surface area contributed by atoms with Crippen LogP contribution < -0.4 is 5.32 Å². The third-order valence-corrected chi connectivity index (χ3v) is 7.41. The summed E-state index contributed by atoms with van der Waals surface area (Å²) in [6.45, 7) is 8.81. The Morgan fingerprint density at radius 3 is 2.68 bits per heavy atom. The van der Waals surface area contributed by atoms with E-state index in [0.717, 1.165) is 33.4 Å². The summed E-state index contributed by atoms with van der Waals surface area (Å²) < 4.78 is 2.08. The Morgan fingerprint density at radius 1 is 1.15 bits per heavy atom. The van der Waals surface area contributed by atoms with E-state index in [1.807, 2.05) is 6.92 Å². The number of imidazole rings is 1. The lowest BCUT2D eigenvalue weighted by Crippen LogP contribution is -2.27. The van der Waals surface area contributed by atoms with Crippen LogP contribution in [0.15, 0.2) is 41.8 Å². The fraction of sp³-hybridized carbons (Fsp3) is 0.320. The van der Waals surface area contributed by atoms with Crippen molar-refractivity contribution in [1.29, 1.82) is 0 Å². The zero-order chi connectivity index (χ0) is 23.8. The molecule has 1 amide bonds. The van der Waals surface area contributed by atoms with E-state index in [2.05, 4.69) is 75.1 Å². The molecule has 1 aliphatic heterocycles. The normalized spacial score (nSPS) is 14.8. The van der Waals surface area contributed by atoms with Crippen molar-refractivity contribution in [3.05, 3.63) is 81.3 Å². The second-order valence-corrected chi connectivity index (χ2v) is 9.85. The van der Waals surface area contributed by atoms with Crippen LogP contribution in [0.1, 0.15) is 56.9 Å². The van der Waals surface area contributed by atoms with Crippen LogP contribution in [-0.2, 0) is 11.2 Å². The van der Waals surface area contributed by atoms with Crippen LogP contribution >= 0.6 is 11.3 Å². The smallest absolute Gasteiger partial charge is 0.222 e. The molecule has 34 heavy (non-hydrogen) atoms. The first-order valence-corrected chi connectivity index (χ1v) is 12.2. The third kappa shape index (κ3) is 4.07. The van der Waals surface area contributed by atoms with Gasteiger partial charge in [-0.1, -0.05) is 29.8 Å². The molecule has 5 rings (SSSR count). The van der Waals surface area contributed by atoms with Crippen molar-refractivity contribution in [3.8, 4) is 5.00 Å². The van der Waals surface area contributed by atoms with E-state index in [1.54, 1.807) is 23.9 Å². The van der Waals surface area contributed by atoms with Crippen LogP contribution in [0.3, 0.4) is 0 Å². The number of carbonyl (C=O) groups excluding carboxylic acids is 1. The molecule has 0 radical (unpaired) electrons. The first-order valence-electron chi connectivity index (χ1n) is 11.3. The largest absolute Gasteiger partial charge is 0.356 e. The van der Waals surface area contributed by atoms with Crippen molar-refractivity contribution in [3.63, 3.8) is 0 Å². The Kier molecular flexibility index (Phi) is 5.87. The van der Waals surface area contributed by atoms with Crippen molar-refractivity contribution in [2.75, 3.05) is 6.54 Å². The average molecular weight is 474 g/mol. The van der Waals surface area contributed by atoms with Gasteiger partial charge in [-0.05, 0) is 33.3 Å². The fourth-order valence-corrected chi connectivity index (χ4v) is 5.46. The number of benzene rings is 1. The molecule has 1 aromatic carbocycles. The molecule has 4 heterocycles. The minimum absolute atomic E-state index is 0.0677. The number of fused-ring (bicyclic) bond motifs is 3. The summed E-state index contributed by atoms with van der Waals surface area (Å²) in [5, 5.41) is 12.9. The lowest BCUT2D eigenvalue weighted by Gasteiger charge is -2.13. The molecule has 9 heteroatoms. The Labute approximate surface area is 202 Å². The van der Waals surface area contributed by atoms with E-state index in [1.165, 1.54) is 16.0 Å². The molecule has 0 bridgehead atoms. The van der Waals surface area contributed by atoms with Gasteiger partial charge in [-0.15, -0.1) is 21.5 Å². The number of rotatable bonds is 6. The number of aryl methyl sites for hydroxylation is 3. The van der Waals surface area contributed by atoms with Gasteiger partial charge in [-0.3, -0.25) is 14.4 Å². The topological polar surface area (TPSA) is 101 Å². The highest BCUT2D eigenvalue weighted by Crippen LogP contribution is 2.39. The minimum Gasteiger partial charge on any atom is -0.356 e. The molecule has 1 unspecified atom stereocenters. The molecule has 174 valence electrons. The number of hydrogen-bond acceptors (Lipinski definition) is 6. The zero-order valence-corrected chi connectivity index (χ0v) is 20.5. The van der Waals surface area contributed by atoms with Crippen LogP contribution in [0, 0.1) is 27.7 Å². The van der Waals surface area contributed by atoms with Gasteiger partial charge < -0.3 is 10.3 Å². The second kappa shape index (κ2) is 8.98. The number of carbonyl (C=O) groups is 1. The highest BCUT2D eigenvalue weighted by molar-refractivity contribution is 7.15. The maximum absolute atomic E-state index is 12.9. The Bertz CT molecular complexity index is 1360. The molecule has 0 aliphatic carbocycles. The van der Waals surface area contributed by atoms with Crippen LogP contribution in [0.5, 0.6) is 0 Å². The monoisotopic (exact) mass is 473 g/mol. The Hall–Kier alpha value is -3.59. The summed E-state index contributed by atoms with van der Waals surface area (Å²) in [6.07, 6.45) is 4.30. The second-order valence-electron chi connectivity index (χ2n) is 8.64. The standard InChI is InChI=1S/C25H27N7OS/c1-14-5-7-18(8-6-14)23-22-15(2)16(3)34-25(22)32-17(4)30-31-24(32)20(29-23)11-21(33)27-10-9-19-12-26-13-28-19/h5-8,12-13,20H,9-11H2,1-4H3,(H,26,28)(H,27,33). The molecule has 1 atom stereocenters. The molecular weight excluding hydrogens is 446 g/mol. The summed E-state index contributed by atoms with van der Waals surface area (Å²) in [6, 6.07) is 7.96. The van der Waals surface area contributed by atoms with Crippen LogP contribution in [0.2, 0.25) is 0 Å². The average Bonchev–Trinajstić information content (AvgIpc) is 3.51. The van der Waals surface area contributed by atoms with Crippen molar-refractivity contribution in [2.24, 2.45) is 4.99 Å². The number of nitrogens with one attached hydrogen (secondary N) is 2. The van der Waals surface area contributed by atoms with Gasteiger partial charge in [0, 0.05) is 40.9 Å². The first-order chi connectivity index (χ1) is 16.4. The SMILES string of the molecule is Cc1ccc(C2=NC(CC(=O)NCCc3cnc[nH]3)c3nnc(C)n3-c3sc(C)c(C)c32)cc1. The van der Waals surface area contributed by atoms with E-state index < -0.39 is 6.04 Å². The van der Waals surface area contributed by atoms with Gasteiger partial charge in [0.1, 0.15) is 16.9 Å². The molecule has 0 saturated carbocycles. The maximum Gasteiger partial charge on any atom is 0.222 e. The summed E-state index contributed by atoms with van der Waals surface area (Å²) in [7, 11) is 0. The molecule has 4 aromatic rings. The van der Waals surface area contributed by atoms with Gasteiger partial charge in [-0.25, -0.2) is 4.98 Å². The van der Waals surface area contributed by atoms with Crippen LogP contribution in [-0.4, -0.2) is 42.9 Å². The summed E-state index contributed by atoms with van der Waals surface area (Å²) in [5.41, 5.74) is 6.41. The predicted octanol–water partition coefficient (Wildman–Crippen LogP) is 3.93. The number of amides is 1. The zero-order valence-electron chi connectivity index (χ0n) is 19.7. The molecule has 0 saturated heterocycles. The van der Waals surface area contributed by atoms with Gasteiger partial charge in [0.15, 0.2) is 5.82 Å². The number of nitrogens with zero attached hydrogens (tertiary/aromatic N) is 5. The first kappa shape index (κ1) is 22.2. The third-order valence-electron chi connectivity index (χ3n) is 6.21. The van der Waals surface area contributed by atoms with Gasteiger partial charge in [-0.2, -0.15) is 0 Å². The molecule has 2 N–H and O–H groups in total. The molecule has 0 spiro atoms. The molecule has 8 nitrogen and oxygen atoms in total. The van der Waals surface area contributed by atoms with Crippen LogP contribution in [0.4, 0.5) is 0 Å². The minimum atomic E-state index is -0.441. The molecule has 3 aromatic heterocycles. The van der Waals surface area contributed by atoms with Gasteiger partial charge in [0.05, 0.1) is 18.5 Å². The van der Waals surface area contributed by atoms with E-state index in [0.29, 0.717) is 18.8 Å². The number of aromatic amines is 1.